The van der Waals surface area contributed by atoms with Gasteiger partial charge in [-0.05, 0) is 48.4 Å². The third-order valence-corrected chi connectivity index (χ3v) is 4.92. The first-order chi connectivity index (χ1) is 13.7. The van der Waals surface area contributed by atoms with Gasteiger partial charge in [-0.15, -0.1) is 0 Å². The van der Waals surface area contributed by atoms with Gasteiger partial charge >= 0.3 is 12.4 Å². The van der Waals surface area contributed by atoms with Crippen LogP contribution in [0.25, 0.3) is 0 Å². The Kier molecular flexibility index (Phi) is 5.26. The normalized spacial score (nSPS) is 19.4. The lowest BCUT2D eigenvalue weighted by atomic mass is 9.85. The lowest BCUT2D eigenvalue weighted by molar-refractivity contribution is -0.276. The molecule has 160 valence electrons. The van der Waals surface area contributed by atoms with E-state index in [1.165, 1.54) is 25.1 Å². The van der Waals surface area contributed by atoms with Crippen molar-refractivity contribution < 1.29 is 36.0 Å². The van der Waals surface area contributed by atoms with Gasteiger partial charge in [-0.2, -0.15) is 26.3 Å². The molecule has 1 aliphatic rings. The summed E-state index contributed by atoms with van der Waals surface area (Å²) in [5, 5.41) is 2.97. The zero-order chi connectivity index (χ0) is 22.5. The zero-order valence-corrected chi connectivity index (χ0v) is 15.9. The average Bonchev–Trinajstić information content (AvgIpc) is 3.06. The maximum atomic E-state index is 14.0. The Bertz CT molecular complexity index is 1050. The molecule has 2 aromatic rings. The third kappa shape index (κ3) is 3.83. The number of amides is 1. The number of aryl methyl sites for hydroxylation is 1. The van der Waals surface area contributed by atoms with Crippen molar-refractivity contribution in [2.75, 3.05) is 0 Å². The van der Waals surface area contributed by atoms with Gasteiger partial charge in [0.1, 0.15) is 0 Å². The Morgan fingerprint density at radius 3 is 2.33 bits per heavy atom. The molecule has 0 saturated carbocycles. The highest BCUT2D eigenvalue weighted by Gasteiger charge is 2.62. The molecule has 0 saturated heterocycles. The number of rotatable bonds is 3. The average molecular weight is 451 g/mol. The predicted octanol–water partition coefficient (Wildman–Crippen LogP) is 5.35. The van der Waals surface area contributed by atoms with Crippen molar-refractivity contribution in [2.45, 2.75) is 31.3 Å². The molecule has 30 heavy (non-hydrogen) atoms. The van der Waals surface area contributed by atoms with Gasteiger partial charge in [-0.25, -0.2) is 0 Å². The summed E-state index contributed by atoms with van der Waals surface area (Å²) in [6.07, 6.45) is -10.9. The van der Waals surface area contributed by atoms with E-state index in [0.717, 1.165) is 6.07 Å². The molecule has 11 heteroatoms. The monoisotopic (exact) mass is 450 g/mol. The van der Waals surface area contributed by atoms with Gasteiger partial charge < -0.3 is 10.6 Å². The maximum absolute atomic E-state index is 14.0. The van der Waals surface area contributed by atoms with Crippen LogP contribution in [-0.2, 0) is 16.6 Å². The van der Waals surface area contributed by atoms with Crippen molar-refractivity contribution in [2.24, 2.45) is 10.9 Å². The van der Waals surface area contributed by atoms with Crippen LogP contribution in [0.1, 0.15) is 39.0 Å². The molecule has 2 aromatic carbocycles. The van der Waals surface area contributed by atoms with Gasteiger partial charge in [0.05, 0.1) is 11.3 Å². The number of alkyl halides is 6. The van der Waals surface area contributed by atoms with Crippen LogP contribution in [0.5, 0.6) is 0 Å². The molecule has 1 amide bonds. The predicted molar refractivity (Wildman–Crippen MR) is 96.1 cm³/mol. The molecular weight excluding hydrogens is 438 g/mol. The van der Waals surface area contributed by atoms with Crippen molar-refractivity contribution in [3.05, 3.63) is 69.2 Å². The van der Waals surface area contributed by atoms with E-state index in [2.05, 4.69) is 5.16 Å². The van der Waals surface area contributed by atoms with E-state index in [-0.39, 0.29) is 16.8 Å². The van der Waals surface area contributed by atoms with E-state index in [1.807, 2.05) is 0 Å². The van der Waals surface area contributed by atoms with Gasteiger partial charge in [-0.1, -0.05) is 22.8 Å². The second-order valence-corrected chi connectivity index (χ2v) is 7.19. The molecule has 0 bridgehead atoms. The minimum absolute atomic E-state index is 0.153. The van der Waals surface area contributed by atoms with Crippen LogP contribution in [0.2, 0.25) is 5.02 Å². The number of nitrogens with zero attached hydrogens (tertiary/aromatic N) is 1. The first-order valence-corrected chi connectivity index (χ1v) is 8.73. The number of primary amides is 1. The van der Waals surface area contributed by atoms with Crippen LogP contribution in [0.15, 0.2) is 41.6 Å². The van der Waals surface area contributed by atoms with E-state index >= 15 is 0 Å². The Morgan fingerprint density at radius 2 is 1.80 bits per heavy atom. The van der Waals surface area contributed by atoms with Gasteiger partial charge in [0, 0.05) is 22.6 Å². The van der Waals surface area contributed by atoms with E-state index < -0.39 is 46.4 Å². The number of hydrogen-bond donors (Lipinski definition) is 1. The quantitative estimate of drug-likeness (QED) is 0.641. The molecule has 1 atom stereocenters. The van der Waals surface area contributed by atoms with Crippen molar-refractivity contribution in [1.29, 1.82) is 0 Å². The zero-order valence-electron chi connectivity index (χ0n) is 15.2. The second kappa shape index (κ2) is 7.19. The first kappa shape index (κ1) is 21.9. The summed E-state index contributed by atoms with van der Waals surface area (Å²) in [6, 6.07) is 5.69. The van der Waals surface area contributed by atoms with Gasteiger partial charge in [0.15, 0.2) is 0 Å². The van der Waals surface area contributed by atoms with Crippen LogP contribution in [0.3, 0.4) is 0 Å². The second-order valence-electron chi connectivity index (χ2n) is 6.75. The number of benzene rings is 2. The fourth-order valence-electron chi connectivity index (χ4n) is 3.16. The fraction of sp³-hybridized carbons (Fsp3) is 0.263. The van der Waals surface area contributed by atoms with Crippen LogP contribution in [0, 0.1) is 6.92 Å². The maximum Gasteiger partial charge on any atom is 0.435 e. The minimum Gasteiger partial charge on any atom is -0.374 e. The Balaban J connectivity index is 2.06. The highest BCUT2D eigenvalue weighted by atomic mass is 35.5. The largest absolute Gasteiger partial charge is 0.435 e. The summed E-state index contributed by atoms with van der Waals surface area (Å²) in [5.41, 5.74) is 0.527. The van der Waals surface area contributed by atoms with Crippen molar-refractivity contribution in [3.63, 3.8) is 0 Å². The third-order valence-electron chi connectivity index (χ3n) is 4.70. The van der Waals surface area contributed by atoms with E-state index in [1.54, 1.807) is 0 Å². The number of nitrogens with two attached hydrogens (primary N) is 1. The molecular formula is C19H13ClF6N2O2. The Labute approximate surface area is 171 Å². The molecule has 1 unspecified atom stereocenters. The minimum atomic E-state index is -5.10. The van der Waals surface area contributed by atoms with Crippen LogP contribution < -0.4 is 5.73 Å². The lowest BCUT2D eigenvalue weighted by Crippen LogP contribution is -2.43. The summed E-state index contributed by atoms with van der Waals surface area (Å²) in [5.74, 6) is -0.716. The molecule has 1 heterocycles. The van der Waals surface area contributed by atoms with Crippen LogP contribution >= 0.6 is 11.6 Å². The number of carbonyl (C=O) groups excluding carboxylic acids is 1. The number of halogens is 7. The summed E-state index contributed by atoms with van der Waals surface area (Å²) < 4.78 is 81.3. The molecule has 0 fully saturated rings. The van der Waals surface area contributed by atoms with Crippen molar-refractivity contribution in [1.82, 2.24) is 0 Å². The summed E-state index contributed by atoms with van der Waals surface area (Å²) in [6.45, 7) is 1.53. The number of hydrogen-bond acceptors (Lipinski definition) is 3. The highest BCUT2D eigenvalue weighted by molar-refractivity contribution is 6.30. The van der Waals surface area contributed by atoms with Crippen LogP contribution in [0.4, 0.5) is 26.3 Å². The van der Waals surface area contributed by atoms with Gasteiger partial charge in [-0.3, -0.25) is 4.79 Å². The number of carbonyl (C=O) groups is 1. The standard InChI is InChI=1S/C19H13ClF6N2O2/c1-9-4-10(2-3-14(9)16(27)29)15-8-17(30-28-15,19(24,25)26)11-5-12(18(21,22)23)7-13(20)6-11/h2-7H,8H2,1H3,(H2,27,29). The van der Waals surface area contributed by atoms with Gasteiger partial charge in [0.2, 0.25) is 5.91 Å². The molecule has 3 rings (SSSR count). The molecule has 0 aromatic heterocycles. The topological polar surface area (TPSA) is 64.7 Å². The van der Waals surface area contributed by atoms with E-state index in [9.17, 15) is 31.1 Å². The molecule has 0 aliphatic carbocycles. The molecule has 4 nitrogen and oxygen atoms in total. The fourth-order valence-corrected chi connectivity index (χ4v) is 3.40. The Hall–Kier alpha value is -2.75. The SMILES string of the molecule is Cc1cc(C2=NOC(c3cc(Cl)cc(C(F)(F)F)c3)(C(F)(F)F)C2)ccc1C(N)=O. The van der Waals surface area contributed by atoms with Gasteiger partial charge in [0.25, 0.3) is 5.60 Å². The lowest BCUT2D eigenvalue weighted by Gasteiger charge is -2.30. The molecule has 2 N–H and O–H groups in total. The molecule has 1 aliphatic heterocycles. The first-order valence-electron chi connectivity index (χ1n) is 8.35. The summed E-state index contributed by atoms with van der Waals surface area (Å²) >= 11 is 5.66. The molecule has 0 spiro atoms. The van der Waals surface area contributed by atoms with Crippen molar-refractivity contribution >= 4 is 23.2 Å². The van der Waals surface area contributed by atoms with E-state index in [4.69, 9.17) is 22.2 Å². The van der Waals surface area contributed by atoms with Crippen molar-refractivity contribution in [3.8, 4) is 0 Å². The smallest absolute Gasteiger partial charge is 0.374 e. The van der Waals surface area contributed by atoms with Crippen LogP contribution in [-0.4, -0.2) is 17.8 Å². The number of oxime groups is 1. The highest BCUT2D eigenvalue weighted by Crippen LogP contribution is 2.50. The molecule has 0 radical (unpaired) electrons. The summed E-state index contributed by atoms with van der Waals surface area (Å²) in [7, 11) is 0. The summed E-state index contributed by atoms with van der Waals surface area (Å²) in [4.78, 5) is 16.1. The van der Waals surface area contributed by atoms with E-state index in [0.29, 0.717) is 17.7 Å². The Morgan fingerprint density at radius 1 is 1.13 bits per heavy atom.